The van der Waals surface area contributed by atoms with Gasteiger partial charge in [0.05, 0.1) is 19.4 Å². The van der Waals surface area contributed by atoms with Gasteiger partial charge in [-0.3, -0.25) is 4.79 Å². The second-order valence-corrected chi connectivity index (χ2v) is 7.31. The van der Waals surface area contributed by atoms with Gasteiger partial charge in [-0.2, -0.15) is 0 Å². The number of rotatable bonds is 7. The molecule has 1 fully saturated rings. The Bertz CT molecular complexity index is 753. The van der Waals surface area contributed by atoms with E-state index < -0.39 is 0 Å². The molecule has 1 aromatic heterocycles. The van der Waals surface area contributed by atoms with Crippen LogP contribution < -0.4 is 14.4 Å². The second-order valence-electron chi connectivity index (χ2n) is 7.31. The van der Waals surface area contributed by atoms with Crippen molar-refractivity contribution in [3.63, 3.8) is 0 Å². The van der Waals surface area contributed by atoms with Gasteiger partial charge in [0.2, 0.25) is 5.88 Å². The van der Waals surface area contributed by atoms with Gasteiger partial charge in [0.1, 0.15) is 5.75 Å². The monoisotopic (exact) mass is 368 g/mol. The Morgan fingerprint density at radius 3 is 2.63 bits per heavy atom. The van der Waals surface area contributed by atoms with E-state index in [1.54, 1.807) is 13.3 Å². The van der Waals surface area contributed by atoms with Gasteiger partial charge in [0, 0.05) is 42.9 Å². The SMILES string of the molecule is COc1ccc(C(=O)C(C)C)c(N2CCC(COc3ccccn3)CC2)c1. The molecule has 0 radical (unpaired) electrons. The zero-order valence-electron chi connectivity index (χ0n) is 16.4. The van der Waals surface area contributed by atoms with E-state index in [0.29, 0.717) is 18.4 Å². The van der Waals surface area contributed by atoms with Crippen LogP contribution in [0.15, 0.2) is 42.6 Å². The highest BCUT2D eigenvalue weighted by Gasteiger charge is 2.24. The average Bonchev–Trinajstić information content (AvgIpc) is 2.72. The number of aromatic nitrogens is 1. The molecule has 0 saturated carbocycles. The molecule has 3 rings (SSSR count). The van der Waals surface area contributed by atoms with Crippen molar-refractivity contribution in [2.24, 2.45) is 11.8 Å². The maximum absolute atomic E-state index is 12.6. The summed E-state index contributed by atoms with van der Waals surface area (Å²) in [5.41, 5.74) is 1.77. The first-order chi connectivity index (χ1) is 13.1. The Labute approximate surface area is 161 Å². The summed E-state index contributed by atoms with van der Waals surface area (Å²) in [5, 5.41) is 0. The maximum Gasteiger partial charge on any atom is 0.213 e. The topological polar surface area (TPSA) is 51.7 Å². The molecule has 1 saturated heterocycles. The van der Waals surface area contributed by atoms with Crippen LogP contribution >= 0.6 is 0 Å². The zero-order valence-corrected chi connectivity index (χ0v) is 16.4. The van der Waals surface area contributed by atoms with Crippen LogP contribution in [0, 0.1) is 11.8 Å². The highest BCUT2D eigenvalue weighted by molar-refractivity contribution is 6.02. The van der Waals surface area contributed by atoms with Crippen LogP contribution in [0.1, 0.15) is 37.0 Å². The summed E-state index contributed by atoms with van der Waals surface area (Å²) in [6.45, 7) is 6.37. The van der Waals surface area contributed by atoms with Crippen molar-refractivity contribution in [2.75, 3.05) is 31.7 Å². The van der Waals surface area contributed by atoms with E-state index in [4.69, 9.17) is 9.47 Å². The van der Waals surface area contributed by atoms with Crippen molar-refractivity contribution in [2.45, 2.75) is 26.7 Å². The van der Waals surface area contributed by atoms with Gasteiger partial charge >= 0.3 is 0 Å². The van der Waals surface area contributed by atoms with Gasteiger partial charge in [0.25, 0.3) is 0 Å². The molecule has 0 unspecified atom stereocenters. The third-order valence-electron chi connectivity index (χ3n) is 5.05. The van der Waals surface area contributed by atoms with E-state index in [2.05, 4.69) is 9.88 Å². The number of nitrogens with zero attached hydrogens (tertiary/aromatic N) is 2. The van der Waals surface area contributed by atoms with Crippen molar-refractivity contribution in [1.29, 1.82) is 0 Å². The molecule has 0 bridgehead atoms. The van der Waals surface area contributed by atoms with E-state index in [-0.39, 0.29) is 11.7 Å². The fraction of sp³-hybridized carbons (Fsp3) is 0.455. The van der Waals surface area contributed by atoms with E-state index in [0.717, 1.165) is 42.9 Å². The molecular formula is C22H28N2O3. The summed E-state index contributed by atoms with van der Waals surface area (Å²) in [7, 11) is 1.66. The van der Waals surface area contributed by atoms with Crippen molar-refractivity contribution < 1.29 is 14.3 Å². The molecular weight excluding hydrogens is 340 g/mol. The number of methoxy groups -OCH3 is 1. The fourth-order valence-electron chi connectivity index (χ4n) is 3.40. The number of hydrogen-bond donors (Lipinski definition) is 0. The molecule has 5 heteroatoms. The normalized spacial score (nSPS) is 15.0. The highest BCUT2D eigenvalue weighted by atomic mass is 16.5. The van der Waals surface area contributed by atoms with Crippen LogP contribution in [0.5, 0.6) is 11.6 Å². The molecule has 0 spiro atoms. The molecule has 1 aliphatic rings. The number of piperidine rings is 1. The van der Waals surface area contributed by atoms with Crippen LogP contribution in [0.2, 0.25) is 0 Å². The lowest BCUT2D eigenvalue weighted by atomic mass is 9.94. The number of anilines is 1. The Morgan fingerprint density at radius 1 is 1.22 bits per heavy atom. The molecule has 27 heavy (non-hydrogen) atoms. The van der Waals surface area contributed by atoms with Crippen molar-refractivity contribution in [3.05, 3.63) is 48.2 Å². The van der Waals surface area contributed by atoms with Crippen LogP contribution in [0.3, 0.4) is 0 Å². The first-order valence-electron chi connectivity index (χ1n) is 9.59. The van der Waals surface area contributed by atoms with Gasteiger partial charge in [0.15, 0.2) is 5.78 Å². The molecule has 144 valence electrons. The third-order valence-corrected chi connectivity index (χ3v) is 5.05. The van der Waals surface area contributed by atoms with Crippen LogP contribution in [-0.2, 0) is 0 Å². The van der Waals surface area contributed by atoms with E-state index in [1.807, 2.05) is 50.2 Å². The van der Waals surface area contributed by atoms with Crippen molar-refractivity contribution >= 4 is 11.5 Å². The average molecular weight is 368 g/mol. The van der Waals surface area contributed by atoms with E-state index >= 15 is 0 Å². The number of ether oxygens (including phenoxy) is 2. The van der Waals surface area contributed by atoms with Gasteiger partial charge in [-0.05, 0) is 37.0 Å². The highest BCUT2D eigenvalue weighted by Crippen LogP contribution is 2.31. The molecule has 0 atom stereocenters. The summed E-state index contributed by atoms with van der Waals surface area (Å²) in [6, 6.07) is 11.4. The predicted molar refractivity (Wildman–Crippen MR) is 107 cm³/mol. The zero-order chi connectivity index (χ0) is 19.2. The lowest BCUT2D eigenvalue weighted by molar-refractivity contribution is 0.0939. The number of pyridine rings is 1. The number of carbonyl (C=O) groups is 1. The van der Waals surface area contributed by atoms with Crippen LogP contribution in [-0.4, -0.2) is 37.6 Å². The van der Waals surface area contributed by atoms with E-state index in [9.17, 15) is 4.79 Å². The largest absolute Gasteiger partial charge is 0.497 e. The molecule has 0 aliphatic carbocycles. The summed E-state index contributed by atoms with van der Waals surface area (Å²) in [4.78, 5) is 19.1. The molecule has 1 aliphatic heterocycles. The quantitative estimate of drug-likeness (QED) is 0.685. The van der Waals surface area contributed by atoms with Crippen LogP contribution in [0.25, 0.3) is 0 Å². The maximum atomic E-state index is 12.6. The first kappa shape index (κ1) is 19.2. The lowest BCUT2D eigenvalue weighted by Gasteiger charge is -2.34. The molecule has 1 aromatic carbocycles. The fourth-order valence-corrected chi connectivity index (χ4v) is 3.40. The number of carbonyl (C=O) groups excluding carboxylic acids is 1. The predicted octanol–water partition coefficient (Wildman–Crippen LogP) is 4.22. The van der Waals surface area contributed by atoms with Gasteiger partial charge < -0.3 is 14.4 Å². The van der Waals surface area contributed by atoms with Crippen LogP contribution in [0.4, 0.5) is 5.69 Å². The van der Waals surface area contributed by atoms with Crippen molar-refractivity contribution in [3.8, 4) is 11.6 Å². The Morgan fingerprint density at radius 2 is 2.00 bits per heavy atom. The first-order valence-corrected chi connectivity index (χ1v) is 9.59. The number of hydrogen-bond acceptors (Lipinski definition) is 5. The van der Waals surface area contributed by atoms with E-state index in [1.165, 1.54) is 0 Å². The van der Waals surface area contributed by atoms with Gasteiger partial charge in [-0.25, -0.2) is 4.98 Å². The minimum Gasteiger partial charge on any atom is -0.497 e. The number of benzene rings is 1. The minimum atomic E-state index is -0.0264. The lowest BCUT2D eigenvalue weighted by Crippen LogP contribution is -2.36. The molecule has 2 aromatic rings. The Kier molecular flexibility index (Phi) is 6.32. The third kappa shape index (κ3) is 4.79. The Balaban J connectivity index is 1.65. The Hall–Kier alpha value is -2.56. The summed E-state index contributed by atoms with van der Waals surface area (Å²) >= 11 is 0. The van der Waals surface area contributed by atoms with Gasteiger partial charge in [-0.15, -0.1) is 0 Å². The summed E-state index contributed by atoms with van der Waals surface area (Å²) in [6.07, 6.45) is 3.80. The van der Waals surface area contributed by atoms with Crippen molar-refractivity contribution in [1.82, 2.24) is 4.98 Å². The number of Topliss-reactive ketones (excluding diaryl/α,β-unsaturated/α-hetero) is 1. The molecule has 0 amide bonds. The summed E-state index contributed by atoms with van der Waals surface area (Å²) in [5.74, 6) is 2.11. The number of ketones is 1. The molecule has 5 nitrogen and oxygen atoms in total. The summed E-state index contributed by atoms with van der Waals surface area (Å²) < 4.78 is 11.2. The molecule has 0 N–H and O–H groups in total. The molecule has 2 heterocycles. The standard InChI is InChI=1S/C22H28N2O3/c1-16(2)22(25)19-8-7-18(26-3)14-20(19)24-12-9-17(10-13-24)15-27-21-6-4-5-11-23-21/h4-8,11,14,16-17H,9-10,12-13,15H2,1-3H3. The second kappa shape index (κ2) is 8.89. The minimum absolute atomic E-state index is 0.0264. The smallest absolute Gasteiger partial charge is 0.213 e. The van der Waals surface area contributed by atoms with Gasteiger partial charge in [-0.1, -0.05) is 19.9 Å².